The maximum atomic E-state index is 6.21. The van der Waals surface area contributed by atoms with E-state index in [0.717, 1.165) is 33.6 Å². The molecular weight excluding hydrogens is 416 g/mol. The van der Waals surface area contributed by atoms with Gasteiger partial charge >= 0.3 is 0 Å². The molecule has 0 saturated carbocycles. The van der Waals surface area contributed by atoms with Gasteiger partial charge in [-0.25, -0.2) is 15.0 Å². The quantitative estimate of drug-likeness (QED) is 0.401. The Balaban J connectivity index is 1.66. The summed E-state index contributed by atoms with van der Waals surface area (Å²) >= 11 is 2.82. The number of hydrogen-bond donors (Lipinski definition) is 1. The molecule has 9 heteroatoms. The number of nitrogens with zero attached hydrogens (tertiary/aromatic N) is 5. The zero-order chi connectivity index (χ0) is 20.9. The first-order valence-corrected chi connectivity index (χ1v) is 11.0. The van der Waals surface area contributed by atoms with Crippen LogP contribution in [0, 0.1) is 13.8 Å². The number of nitrogens with one attached hydrogen (secondary N) is 1. The van der Waals surface area contributed by atoms with E-state index >= 15 is 0 Å². The molecule has 0 aliphatic heterocycles. The van der Waals surface area contributed by atoms with E-state index in [1.54, 1.807) is 12.4 Å². The van der Waals surface area contributed by atoms with Crippen molar-refractivity contribution in [2.75, 3.05) is 5.32 Å². The monoisotopic (exact) mass is 436 g/mol. The van der Waals surface area contributed by atoms with Crippen molar-refractivity contribution >= 4 is 34.2 Å². The summed E-state index contributed by atoms with van der Waals surface area (Å²) in [6, 6.07) is 11.6. The van der Waals surface area contributed by atoms with Crippen molar-refractivity contribution < 1.29 is 4.74 Å². The van der Waals surface area contributed by atoms with Gasteiger partial charge in [0.25, 0.3) is 0 Å². The molecule has 4 heterocycles. The Morgan fingerprint density at radius 3 is 2.70 bits per heavy atom. The Labute approximate surface area is 183 Å². The number of anilines is 2. The highest BCUT2D eigenvalue weighted by atomic mass is 32.2. The molecule has 0 unspecified atom stereocenters. The highest BCUT2D eigenvalue weighted by molar-refractivity contribution is 7.99. The molecule has 4 aromatic rings. The molecule has 0 saturated heterocycles. The van der Waals surface area contributed by atoms with Crippen LogP contribution in [0.1, 0.15) is 24.1 Å². The van der Waals surface area contributed by atoms with Gasteiger partial charge in [-0.2, -0.15) is 4.37 Å². The second kappa shape index (κ2) is 9.19. The van der Waals surface area contributed by atoms with Crippen LogP contribution in [-0.2, 0) is 6.42 Å². The second-order valence-electron chi connectivity index (χ2n) is 6.42. The van der Waals surface area contributed by atoms with Gasteiger partial charge in [0.2, 0.25) is 5.13 Å². The maximum absolute atomic E-state index is 6.21. The van der Waals surface area contributed by atoms with Crippen molar-refractivity contribution in [3.63, 3.8) is 0 Å². The third-order valence-corrected chi connectivity index (χ3v) is 5.67. The van der Waals surface area contributed by atoms with Gasteiger partial charge in [0.15, 0.2) is 11.6 Å². The van der Waals surface area contributed by atoms with Crippen LogP contribution >= 0.6 is 23.3 Å². The SMILES string of the molecule is CCc1nsc(Nc2ncc(Sc3ccccn3)cc2Oc2ccc(C)nc2C)n1. The van der Waals surface area contributed by atoms with Crippen LogP contribution < -0.4 is 10.1 Å². The molecule has 7 nitrogen and oxygen atoms in total. The molecule has 1 N–H and O–H groups in total. The van der Waals surface area contributed by atoms with Crippen molar-refractivity contribution in [3.8, 4) is 11.5 Å². The van der Waals surface area contributed by atoms with Crippen LogP contribution in [0.5, 0.6) is 11.5 Å². The average Bonchev–Trinajstić information content (AvgIpc) is 3.20. The third kappa shape index (κ3) is 4.92. The predicted octanol–water partition coefficient (Wildman–Crippen LogP) is 5.59. The summed E-state index contributed by atoms with van der Waals surface area (Å²) in [6.07, 6.45) is 4.34. The number of pyridine rings is 3. The number of hydrogen-bond acceptors (Lipinski definition) is 9. The second-order valence-corrected chi connectivity index (χ2v) is 8.27. The normalized spacial score (nSPS) is 10.8. The standard InChI is InChI=1S/C21H20N6OS2/c1-4-18-25-21(30-27-18)26-20-17(28-16-9-8-13(2)24-14(16)3)11-15(12-23-20)29-19-7-5-6-10-22-19/h5-12H,4H2,1-3H3,(H,23,25,26,27). The Hall–Kier alpha value is -3.04. The minimum atomic E-state index is 0.569. The lowest BCUT2D eigenvalue weighted by Gasteiger charge is -2.13. The summed E-state index contributed by atoms with van der Waals surface area (Å²) in [5, 5.41) is 4.79. The molecular formula is C21H20N6OS2. The van der Waals surface area contributed by atoms with Crippen LogP contribution in [0.2, 0.25) is 0 Å². The van der Waals surface area contributed by atoms with Gasteiger partial charge in [0.05, 0.1) is 5.69 Å². The molecule has 0 amide bonds. The molecule has 0 atom stereocenters. The van der Waals surface area contributed by atoms with Gasteiger partial charge < -0.3 is 10.1 Å². The van der Waals surface area contributed by atoms with Gasteiger partial charge in [-0.1, -0.05) is 24.8 Å². The highest BCUT2D eigenvalue weighted by Gasteiger charge is 2.14. The van der Waals surface area contributed by atoms with Gasteiger partial charge in [-0.15, -0.1) is 0 Å². The summed E-state index contributed by atoms with van der Waals surface area (Å²) in [6.45, 7) is 5.90. The van der Waals surface area contributed by atoms with Gasteiger partial charge in [-0.3, -0.25) is 4.98 Å². The average molecular weight is 437 g/mol. The zero-order valence-electron chi connectivity index (χ0n) is 16.8. The van der Waals surface area contributed by atoms with E-state index in [2.05, 4.69) is 29.6 Å². The van der Waals surface area contributed by atoms with Crippen molar-refractivity contribution in [2.45, 2.75) is 37.1 Å². The van der Waals surface area contributed by atoms with E-state index in [4.69, 9.17) is 4.74 Å². The van der Waals surface area contributed by atoms with Crippen LogP contribution in [0.15, 0.2) is 58.7 Å². The van der Waals surface area contributed by atoms with E-state index < -0.39 is 0 Å². The Morgan fingerprint density at radius 2 is 1.97 bits per heavy atom. The molecule has 4 aromatic heterocycles. The topological polar surface area (TPSA) is 85.7 Å². The van der Waals surface area contributed by atoms with Crippen LogP contribution in [0.4, 0.5) is 10.9 Å². The maximum Gasteiger partial charge on any atom is 0.208 e. The van der Waals surface area contributed by atoms with E-state index in [-0.39, 0.29) is 0 Å². The fourth-order valence-electron chi connectivity index (χ4n) is 2.63. The van der Waals surface area contributed by atoms with E-state index in [0.29, 0.717) is 22.4 Å². The van der Waals surface area contributed by atoms with E-state index in [9.17, 15) is 0 Å². The van der Waals surface area contributed by atoms with Crippen molar-refractivity contribution in [2.24, 2.45) is 0 Å². The van der Waals surface area contributed by atoms with Crippen molar-refractivity contribution in [1.29, 1.82) is 0 Å². The first-order valence-electron chi connectivity index (χ1n) is 9.41. The Morgan fingerprint density at radius 1 is 1.07 bits per heavy atom. The molecule has 4 rings (SSSR count). The van der Waals surface area contributed by atoms with E-state index in [1.807, 2.05) is 57.2 Å². The number of aromatic nitrogens is 5. The Bertz CT molecular complexity index is 1150. The molecule has 0 radical (unpaired) electrons. The summed E-state index contributed by atoms with van der Waals surface area (Å²) in [5.74, 6) is 2.62. The number of rotatable bonds is 7. The largest absolute Gasteiger partial charge is 0.452 e. The molecule has 0 aliphatic carbocycles. The molecule has 0 aliphatic rings. The number of aryl methyl sites for hydroxylation is 3. The minimum Gasteiger partial charge on any atom is -0.452 e. The molecule has 0 bridgehead atoms. The molecule has 0 aromatic carbocycles. The summed E-state index contributed by atoms with van der Waals surface area (Å²) < 4.78 is 10.5. The smallest absolute Gasteiger partial charge is 0.208 e. The summed E-state index contributed by atoms with van der Waals surface area (Å²) in [5.41, 5.74) is 1.75. The lowest BCUT2D eigenvalue weighted by Crippen LogP contribution is -1.99. The molecule has 152 valence electrons. The van der Waals surface area contributed by atoms with Crippen molar-refractivity contribution in [3.05, 3.63) is 66.0 Å². The highest BCUT2D eigenvalue weighted by Crippen LogP contribution is 2.36. The predicted molar refractivity (Wildman–Crippen MR) is 119 cm³/mol. The Kier molecular flexibility index (Phi) is 6.20. The first-order chi connectivity index (χ1) is 14.6. The lowest BCUT2D eigenvalue weighted by atomic mass is 10.3. The molecule has 30 heavy (non-hydrogen) atoms. The van der Waals surface area contributed by atoms with Gasteiger partial charge in [0.1, 0.15) is 16.6 Å². The van der Waals surface area contributed by atoms with Gasteiger partial charge in [-0.05, 0) is 38.1 Å². The molecule has 0 spiro atoms. The zero-order valence-corrected chi connectivity index (χ0v) is 18.4. The van der Waals surface area contributed by atoms with Gasteiger partial charge in [0, 0.05) is 47.0 Å². The lowest BCUT2D eigenvalue weighted by molar-refractivity contribution is 0.474. The van der Waals surface area contributed by atoms with Crippen LogP contribution in [0.25, 0.3) is 0 Å². The minimum absolute atomic E-state index is 0.569. The fraction of sp³-hybridized carbons (Fsp3) is 0.190. The molecule has 0 fully saturated rings. The summed E-state index contributed by atoms with van der Waals surface area (Å²) in [7, 11) is 0. The van der Waals surface area contributed by atoms with Crippen molar-refractivity contribution in [1.82, 2.24) is 24.3 Å². The first kappa shape index (κ1) is 20.2. The van der Waals surface area contributed by atoms with Crippen LogP contribution in [0.3, 0.4) is 0 Å². The van der Waals surface area contributed by atoms with Crippen LogP contribution in [-0.4, -0.2) is 24.3 Å². The van der Waals surface area contributed by atoms with E-state index in [1.165, 1.54) is 23.3 Å². The fourth-order valence-corrected chi connectivity index (χ4v) is 4.06. The summed E-state index contributed by atoms with van der Waals surface area (Å²) in [4.78, 5) is 18.8. The number of ether oxygens (including phenoxy) is 1. The third-order valence-electron chi connectivity index (χ3n) is 4.09.